The first-order chi connectivity index (χ1) is 9.88. The van der Waals surface area contributed by atoms with Crippen LogP contribution in [0.2, 0.25) is 0 Å². The molecule has 1 aliphatic heterocycles. The Labute approximate surface area is 125 Å². The monoisotopic (exact) mass is 299 g/mol. The maximum atomic E-state index is 14.5. The van der Waals surface area contributed by atoms with Gasteiger partial charge in [-0.05, 0) is 37.0 Å². The lowest BCUT2D eigenvalue weighted by Crippen LogP contribution is -2.42. The van der Waals surface area contributed by atoms with Crippen molar-refractivity contribution >= 4 is 5.91 Å². The fourth-order valence-electron chi connectivity index (χ4n) is 3.08. The second-order valence-corrected chi connectivity index (χ2v) is 6.55. The molecule has 5 nitrogen and oxygen atoms in total. The van der Waals surface area contributed by atoms with Gasteiger partial charge in [0.05, 0.1) is 6.04 Å². The van der Waals surface area contributed by atoms with Gasteiger partial charge in [-0.15, -0.1) is 4.48 Å². The molecule has 0 aromatic rings. The summed E-state index contributed by atoms with van der Waals surface area (Å²) in [6.45, 7) is 6.63. The summed E-state index contributed by atoms with van der Waals surface area (Å²) < 4.78 is 14.5. The zero-order valence-electron chi connectivity index (χ0n) is 12.9. The second kappa shape index (κ2) is 6.85. The van der Waals surface area contributed by atoms with E-state index in [1.807, 2.05) is 11.9 Å². The Bertz CT molecular complexity index is 400. The molecule has 3 unspecified atom stereocenters. The second-order valence-electron chi connectivity index (χ2n) is 6.55. The van der Waals surface area contributed by atoms with Gasteiger partial charge in [0, 0.05) is 12.1 Å². The molecule has 0 aromatic carbocycles. The van der Waals surface area contributed by atoms with E-state index in [1.165, 1.54) is 0 Å². The third kappa shape index (κ3) is 4.02. The van der Waals surface area contributed by atoms with Crippen LogP contribution in [-0.4, -0.2) is 42.0 Å². The summed E-state index contributed by atoms with van der Waals surface area (Å²) in [4.78, 5) is 18.7. The molecule has 2 N–H and O–H groups in total. The molecule has 1 saturated heterocycles. The Kier molecular flexibility index (Phi) is 5.35. The average Bonchev–Trinajstić information content (AvgIpc) is 2.65. The zero-order chi connectivity index (χ0) is 15.6. The molecule has 0 radical (unpaired) electrons. The van der Waals surface area contributed by atoms with Crippen molar-refractivity contribution in [2.24, 2.45) is 17.6 Å². The van der Waals surface area contributed by atoms with Crippen LogP contribution in [-0.2, 0) is 9.63 Å². The van der Waals surface area contributed by atoms with Crippen molar-refractivity contribution in [3.05, 3.63) is 12.2 Å². The molecule has 0 aromatic heterocycles. The minimum absolute atomic E-state index is 0.0816. The number of likely N-dealkylation sites (tertiary alicyclic amines) is 1. The fraction of sp³-hybridized carbons (Fsp3) is 0.800. The Hall–Kier alpha value is -0.980. The SMILES string of the molecule is C=C(C(N)=O)C(CC1CCC1)N(F)OC1CC(C)CN1C. The summed E-state index contributed by atoms with van der Waals surface area (Å²) in [7, 11) is 1.91. The van der Waals surface area contributed by atoms with Crippen LogP contribution in [0.1, 0.15) is 39.0 Å². The number of nitrogens with zero attached hydrogens (tertiary/aromatic N) is 2. The normalized spacial score (nSPS) is 28.6. The molecule has 1 heterocycles. The van der Waals surface area contributed by atoms with Gasteiger partial charge in [0.2, 0.25) is 5.91 Å². The number of halogens is 1. The van der Waals surface area contributed by atoms with E-state index in [-0.39, 0.29) is 11.8 Å². The van der Waals surface area contributed by atoms with Crippen LogP contribution in [0, 0.1) is 11.8 Å². The minimum atomic E-state index is -0.780. The predicted octanol–water partition coefficient (Wildman–Crippen LogP) is 2.00. The van der Waals surface area contributed by atoms with Crippen molar-refractivity contribution in [1.82, 2.24) is 10.2 Å². The Balaban J connectivity index is 1.97. The van der Waals surface area contributed by atoms with E-state index in [0.717, 1.165) is 32.2 Å². The average molecular weight is 299 g/mol. The predicted molar refractivity (Wildman–Crippen MR) is 78.3 cm³/mol. The highest BCUT2D eigenvalue weighted by atomic mass is 19.2. The molecule has 1 amide bonds. The molecule has 2 fully saturated rings. The van der Waals surface area contributed by atoms with Gasteiger partial charge < -0.3 is 5.73 Å². The van der Waals surface area contributed by atoms with Crippen LogP contribution in [0.5, 0.6) is 0 Å². The number of primary amides is 1. The van der Waals surface area contributed by atoms with Crippen molar-refractivity contribution in [2.45, 2.75) is 51.3 Å². The number of nitrogens with two attached hydrogens (primary N) is 1. The van der Waals surface area contributed by atoms with Crippen LogP contribution in [0.15, 0.2) is 12.2 Å². The number of hydrogen-bond donors (Lipinski definition) is 1. The van der Waals surface area contributed by atoms with Crippen molar-refractivity contribution in [3.63, 3.8) is 0 Å². The Morgan fingerprint density at radius 2 is 2.24 bits per heavy atom. The van der Waals surface area contributed by atoms with E-state index >= 15 is 0 Å². The van der Waals surface area contributed by atoms with Crippen molar-refractivity contribution in [3.8, 4) is 0 Å². The van der Waals surface area contributed by atoms with Crippen LogP contribution < -0.4 is 5.73 Å². The van der Waals surface area contributed by atoms with Gasteiger partial charge in [0.25, 0.3) is 0 Å². The van der Waals surface area contributed by atoms with E-state index < -0.39 is 11.9 Å². The van der Waals surface area contributed by atoms with Gasteiger partial charge >= 0.3 is 0 Å². The number of hydrogen-bond acceptors (Lipinski definition) is 4. The summed E-state index contributed by atoms with van der Waals surface area (Å²) in [5.41, 5.74) is 5.35. The Morgan fingerprint density at radius 3 is 2.67 bits per heavy atom. The molecule has 1 saturated carbocycles. The summed E-state index contributed by atoms with van der Waals surface area (Å²) in [6, 6.07) is -0.780. The third-order valence-corrected chi connectivity index (χ3v) is 4.66. The highest BCUT2D eigenvalue weighted by Crippen LogP contribution is 2.34. The first-order valence-electron chi connectivity index (χ1n) is 7.69. The molecule has 3 atom stereocenters. The summed E-state index contributed by atoms with van der Waals surface area (Å²) >= 11 is 0. The molecular formula is C15H26FN3O2. The number of carbonyl (C=O) groups is 1. The molecule has 0 bridgehead atoms. The Morgan fingerprint density at radius 1 is 1.57 bits per heavy atom. The highest BCUT2D eigenvalue weighted by molar-refractivity contribution is 5.92. The number of hydroxylamine groups is 1. The van der Waals surface area contributed by atoms with Crippen LogP contribution in [0.25, 0.3) is 0 Å². The van der Waals surface area contributed by atoms with Gasteiger partial charge in [0.1, 0.15) is 6.23 Å². The van der Waals surface area contributed by atoms with Crippen molar-refractivity contribution in [1.29, 1.82) is 0 Å². The summed E-state index contributed by atoms with van der Waals surface area (Å²) in [5.74, 6) is 0.227. The molecule has 2 rings (SSSR count). The van der Waals surface area contributed by atoms with E-state index in [9.17, 15) is 9.28 Å². The zero-order valence-corrected chi connectivity index (χ0v) is 12.9. The van der Waals surface area contributed by atoms with Gasteiger partial charge in [-0.3, -0.25) is 14.5 Å². The lowest BCUT2D eigenvalue weighted by Gasteiger charge is -2.33. The van der Waals surface area contributed by atoms with Gasteiger partial charge in [-0.1, -0.05) is 32.8 Å². The molecule has 21 heavy (non-hydrogen) atoms. The van der Waals surface area contributed by atoms with E-state index in [2.05, 4.69) is 13.5 Å². The first kappa shape index (κ1) is 16.4. The minimum Gasteiger partial charge on any atom is -0.366 e. The third-order valence-electron chi connectivity index (χ3n) is 4.66. The molecule has 120 valence electrons. The van der Waals surface area contributed by atoms with E-state index in [4.69, 9.17) is 10.6 Å². The molecule has 2 aliphatic rings. The maximum absolute atomic E-state index is 14.5. The molecular weight excluding hydrogens is 273 g/mol. The summed E-state index contributed by atoms with van der Waals surface area (Å²) in [6.07, 6.45) is 4.30. The topological polar surface area (TPSA) is 58.8 Å². The van der Waals surface area contributed by atoms with Crippen LogP contribution >= 0.6 is 0 Å². The molecule has 6 heteroatoms. The van der Waals surface area contributed by atoms with Crippen LogP contribution in [0.4, 0.5) is 4.48 Å². The standard InChI is InChI=1S/C15H26FN3O2/c1-10-7-14(18(3)9-10)21-19(16)13(11(2)15(17)20)8-12-5-4-6-12/h10,12-14H,2,4-9H2,1,3H3,(H2,17,20). The smallest absolute Gasteiger partial charge is 0.245 e. The van der Waals surface area contributed by atoms with E-state index in [0.29, 0.717) is 23.5 Å². The van der Waals surface area contributed by atoms with Gasteiger partial charge in [0.15, 0.2) is 0 Å². The van der Waals surface area contributed by atoms with Crippen molar-refractivity contribution in [2.75, 3.05) is 13.6 Å². The lowest BCUT2D eigenvalue weighted by molar-refractivity contribution is -0.340. The maximum Gasteiger partial charge on any atom is 0.245 e. The largest absolute Gasteiger partial charge is 0.366 e. The van der Waals surface area contributed by atoms with Crippen molar-refractivity contribution < 1.29 is 14.1 Å². The van der Waals surface area contributed by atoms with Gasteiger partial charge in [-0.2, -0.15) is 0 Å². The molecule has 1 aliphatic carbocycles. The lowest BCUT2D eigenvalue weighted by atomic mass is 9.80. The number of carbonyl (C=O) groups excluding carboxylic acids is 1. The number of rotatable bonds is 7. The first-order valence-corrected chi connectivity index (χ1v) is 7.69. The fourth-order valence-corrected chi connectivity index (χ4v) is 3.08. The van der Waals surface area contributed by atoms with E-state index in [1.54, 1.807) is 0 Å². The highest BCUT2D eigenvalue weighted by Gasteiger charge is 2.35. The summed E-state index contributed by atoms with van der Waals surface area (Å²) in [5, 5.41) is 0.310. The number of amides is 1. The van der Waals surface area contributed by atoms with Crippen LogP contribution in [0.3, 0.4) is 0 Å². The quantitative estimate of drug-likeness (QED) is 0.444. The molecule has 0 spiro atoms. The van der Waals surface area contributed by atoms with Gasteiger partial charge in [-0.25, -0.2) is 0 Å².